The van der Waals surface area contributed by atoms with Crippen molar-refractivity contribution >= 4 is 11.7 Å². The number of nitrogens with zero attached hydrogens (tertiary/aromatic N) is 4. The van der Waals surface area contributed by atoms with Crippen molar-refractivity contribution in [2.45, 2.75) is 19.4 Å². The molecule has 27 heavy (non-hydrogen) atoms. The average molecular weight is 364 g/mol. The van der Waals surface area contributed by atoms with E-state index in [1.54, 1.807) is 12.1 Å². The molecule has 2 atom stereocenters. The maximum absolute atomic E-state index is 12.7. The second-order valence-electron chi connectivity index (χ2n) is 7.28. The highest BCUT2D eigenvalue weighted by Crippen LogP contribution is 2.24. The first kappa shape index (κ1) is 17.6. The molecular weight excluding hydrogens is 340 g/mol. The highest BCUT2D eigenvalue weighted by molar-refractivity contribution is 5.80. The molecule has 4 rings (SSSR count). The molecule has 0 spiro atoms. The number of nitriles is 1. The van der Waals surface area contributed by atoms with E-state index in [0.717, 1.165) is 56.2 Å². The fourth-order valence-electron chi connectivity index (χ4n) is 3.93. The van der Waals surface area contributed by atoms with Gasteiger partial charge in [-0.3, -0.25) is 9.89 Å². The van der Waals surface area contributed by atoms with Crippen LogP contribution in [0.25, 0.3) is 11.3 Å². The second-order valence-corrected chi connectivity index (χ2v) is 7.28. The molecule has 0 radical (unpaired) electrons. The van der Waals surface area contributed by atoms with Gasteiger partial charge in [0.05, 0.1) is 23.2 Å². The number of nitrogens with one attached hydrogen (secondary N) is 2. The Labute approximate surface area is 159 Å². The summed E-state index contributed by atoms with van der Waals surface area (Å²) >= 11 is 0. The molecule has 2 aliphatic rings. The fraction of sp³-hybridized carbons (Fsp3) is 0.450. The highest BCUT2D eigenvalue weighted by atomic mass is 16.2. The average Bonchev–Trinajstić information content (AvgIpc) is 3.37. The van der Waals surface area contributed by atoms with Crippen LogP contribution in [0.2, 0.25) is 0 Å². The molecule has 2 aromatic rings. The number of carbonyl (C=O) groups is 1. The van der Waals surface area contributed by atoms with Crippen LogP contribution in [-0.4, -0.2) is 59.8 Å². The monoisotopic (exact) mass is 364 g/mol. The smallest absolute Gasteiger partial charge is 0.227 e. The van der Waals surface area contributed by atoms with Gasteiger partial charge in [-0.1, -0.05) is 12.1 Å². The predicted octanol–water partition coefficient (Wildman–Crippen LogP) is 1.59. The molecule has 0 saturated carbocycles. The minimum Gasteiger partial charge on any atom is -0.352 e. The number of carbonyl (C=O) groups excluding carboxylic acids is 1. The van der Waals surface area contributed by atoms with E-state index < -0.39 is 0 Å². The fourth-order valence-corrected chi connectivity index (χ4v) is 3.93. The molecule has 1 aromatic heterocycles. The van der Waals surface area contributed by atoms with E-state index in [-0.39, 0.29) is 17.9 Å². The lowest BCUT2D eigenvalue weighted by Crippen LogP contribution is -2.51. The summed E-state index contributed by atoms with van der Waals surface area (Å²) in [7, 11) is 0. The number of benzene rings is 1. The lowest BCUT2D eigenvalue weighted by molar-refractivity contribution is -0.136. The van der Waals surface area contributed by atoms with Gasteiger partial charge in [-0.15, -0.1) is 0 Å². The zero-order chi connectivity index (χ0) is 18.8. The van der Waals surface area contributed by atoms with Gasteiger partial charge in [0, 0.05) is 38.3 Å². The van der Waals surface area contributed by atoms with Crippen molar-refractivity contribution in [1.82, 2.24) is 20.4 Å². The molecule has 1 amide bonds. The third kappa shape index (κ3) is 3.53. The van der Waals surface area contributed by atoms with Crippen molar-refractivity contribution in [2.75, 3.05) is 37.6 Å². The minimum atomic E-state index is 0.116. The van der Waals surface area contributed by atoms with Gasteiger partial charge in [0.15, 0.2) is 5.82 Å². The maximum Gasteiger partial charge on any atom is 0.227 e. The van der Waals surface area contributed by atoms with Crippen molar-refractivity contribution in [2.24, 2.45) is 5.92 Å². The van der Waals surface area contributed by atoms with Gasteiger partial charge in [0.1, 0.15) is 0 Å². The molecule has 2 unspecified atom stereocenters. The molecule has 2 saturated heterocycles. The molecule has 2 aliphatic heterocycles. The normalized spacial score (nSPS) is 22.7. The molecule has 7 nitrogen and oxygen atoms in total. The maximum atomic E-state index is 12.7. The van der Waals surface area contributed by atoms with Gasteiger partial charge >= 0.3 is 0 Å². The Bertz CT molecular complexity index is 844. The Morgan fingerprint density at radius 2 is 1.96 bits per heavy atom. The van der Waals surface area contributed by atoms with E-state index >= 15 is 0 Å². The number of rotatable bonds is 3. The first-order valence-electron chi connectivity index (χ1n) is 9.49. The predicted molar refractivity (Wildman–Crippen MR) is 103 cm³/mol. The van der Waals surface area contributed by atoms with Gasteiger partial charge < -0.3 is 15.1 Å². The summed E-state index contributed by atoms with van der Waals surface area (Å²) in [5, 5.41) is 19.8. The van der Waals surface area contributed by atoms with Crippen LogP contribution in [0, 0.1) is 17.2 Å². The van der Waals surface area contributed by atoms with E-state index in [4.69, 9.17) is 5.26 Å². The van der Waals surface area contributed by atoms with Gasteiger partial charge in [0.2, 0.25) is 5.91 Å². The molecule has 0 bridgehead atoms. The number of anilines is 1. The number of hydrogen-bond acceptors (Lipinski definition) is 5. The molecule has 3 heterocycles. The quantitative estimate of drug-likeness (QED) is 0.864. The Balaban J connectivity index is 1.38. The van der Waals surface area contributed by atoms with Crippen molar-refractivity contribution in [3.05, 3.63) is 35.9 Å². The Kier molecular flexibility index (Phi) is 4.82. The van der Waals surface area contributed by atoms with Gasteiger partial charge in [-0.05, 0) is 37.6 Å². The van der Waals surface area contributed by atoms with E-state index in [1.165, 1.54) is 0 Å². The van der Waals surface area contributed by atoms with Crippen LogP contribution in [0.15, 0.2) is 30.3 Å². The number of aromatic nitrogens is 2. The first-order valence-corrected chi connectivity index (χ1v) is 9.49. The van der Waals surface area contributed by atoms with Crippen LogP contribution in [0.1, 0.15) is 18.9 Å². The minimum absolute atomic E-state index is 0.116. The molecule has 1 aromatic carbocycles. The number of piperazine rings is 1. The van der Waals surface area contributed by atoms with Crippen molar-refractivity contribution in [3.63, 3.8) is 0 Å². The van der Waals surface area contributed by atoms with Crippen molar-refractivity contribution in [1.29, 1.82) is 5.26 Å². The van der Waals surface area contributed by atoms with Crippen molar-refractivity contribution in [3.8, 4) is 17.3 Å². The van der Waals surface area contributed by atoms with E-state index in [9.17, 15) is 4.79 Å². The first-order chi connectivity index (χ1) is 13.2. The summed E-state index contributed by atoms with van der Waals surface area (Å²) in [6, 6.07) is 11.9. The van der Waals surface area contributed by atoms with Crippen LogP contribution in [0.4, 0.5) is 5.82 Å². The molecule has 0 aliphatic carbocycles. The lowest BCUT2D eigenvalue weighted by Gasteiger charge is -2.36. The standard InChI is InChI=1S/C20H24N6O/c1-14-17(6-7-22-14)20(27)26-10-8-25(9-11-26)19-12-18(23-24-19)16-4-2-15(13-21)3-5-16/h2-5,12,14,17,22H,6-11H2,1H3,(H,23,24). The Hall–Kier alpha value is -2.85. The Morgan fingerprint density at radius 1 is 1.22 bits per heavy atom. The number of H-pyrrole nitrogens is 1. The van der Waals surface area contributed by atoms with Crippen LogP contribution >= 0.6 is 0 Å². The largest absolute Gasteiger partial charge is 0.352 e. The van der Waals surface area contributed by atoms with Crippen LogP contribution in [0.3, 0.4) is 0 Å². The number of aromatic amines is 1. The lowest BCUT2D eigenvalue weighted by atomic mass is 10.00. The van der Waals surface area contributed by atoms with Crippen LogP contribution in [0.5, 0.6) is 0 Å². The third-order valence-electron chi connectivity index (χ3n) is 5.65. The van der Waals surface area contributed by atoms with Crippen molar-refractivity contribution < 1.29 is 4.79 Å². The van der Waals surface area contributed by atoms with E-state index in [0.29, 0.717) is 5.56 Å². The highest BCUT2D eigenvalue weighted by Gasteiger charge is 2.34. The number of amides is 1. The zero-order valence-corrected chi connectivity index (χ0v) is 15.5. The molecule has 2 fully saturated rings. The third-order valence-corrected chi connectivity index (χ3v) is 5.65. The number of hydrogen-bond donors (Lipinski definition) is 2. The summed E-state index contributed by atoms with van der Waals surface area (Å²) in [6.07, 6.45) is 0.938. The molecule has 7 heteroatoms. The van der Waals surface area contributed by atoms with E-state index in [1.807, 2.05) is 23.1 Å². The summed E-state index contributed by atoms with van der Waals surface area (Å²) in [5.74, 6) is 1.30. The SMILES string of the molecule is CC1NCCC1C(=O)N1CCN(c2cc(-c3ccc(C#N)cc3)[nH]n2)CC1. The summed E-state index contributed by atoms with van der Waals surface area (Å²) in [4.78, 5) is 16.9. The topological polar surface area (TPSA) is 88.0 Å². The van der Waals surface area contributed by atoms with Gasteiger partial charge in [-0.25, -0.2) is 0 Å². The van der Waals surface area contributed by atoms with Gasteiger partial charge in [0.25, 0.3) is 0 Å². The van der Waals surface area contributed by atoms with E-state index in [2.05, 4.69) is 33.4 Å². The summed E-state index contributed by atoms with van der Waals surface area (Å²) < 4.78 is 0. The molecule has 2 N–H and O–H groups in total. The summed E-state index contributed by atoms with van der Waals surface area (Å²) in [6.45, 7) is 6.08. The zero-order valence-electron chi connectivity index (χ0n) is 15.5. The van der Waals surface area contributed by atoms with Crippen LogP contribution in [-0.2, 0) is 4.79 Å². The van der Waals surface area contributed by atoms with Crippen LogP contribution < -0.4 is 10.2 Å². The Morgan fingerprint density at radius 3 is 2.59 bits per heavy atom. The van der Waals surface area contributed by atoms with Gasteiger partial charge in [-0.2, -0.15) is 10.4 Å². The molecule has 140 valence electrons. The summed E-state index contributed by atoms with van der Waals surface area (Å²) in [5.41, 5.74) is 2.58. The molecular formula is C20H24N6O. The second kappa shape index (κ2) is 7.41.